The molecule has 1 aromatic rings. The molecule has 0 aromatic carbocycles. The number of hydrogen-bond donors (Lipinski definition) is 1. The number of hydrogen-bond acceptors (Lipinski definition) is 3. The van der Waals surface area contributed by atoms with Gasteiger partial charge in [-0.3, -0.25) is 4.79 Å². The molecule has 0 bridgehead atoms. The fourth-order valence-electron chi connectivity index (χ4n) is 0.601. The second-order valence-electron chi connectivity index (χ2n) is 2.01. The normalized spacial score (nSPS) is 9.77. The summed E-state index contributed by atoms with van der Waals surface area (Å²) in [5, 5.41) is 2.87. The summed E-state index contributed by atoms with van der Waals surface area (Å²) in [6.07, 6.45) is 1.22. The van der Waals surface area contributed by atoms with E-state index in [1.165, 1.54) is 6.33 Å². The molecule has 0 saturated heterocycles. The van der Waals surface area contributed by atoms with Crippen LogP contribution in [0.3, 0.4) is 0 Å². The van der Waals surface area contributed by atoms with Gasteiger partial charge in [-0.25, -0.2) is 9.97 Å². The highest BCUT2D eigenvalue weighted by Crippen LogP contribution is 2.25. The summed E-state index contributed by atoms with van der Waals surface area (Å²) in [6, 6.07) is 0. The molecule has 0 aliphatic carbocycles. The summed E-state index contributed by atoms with van der Waals surface area (Å²) in [5.41, 5.74) is 0. The average molecular weight is 285 g/mol. The number of amides is 1. The van der Waals surface area contributed by atoms with Gasteiger partial charge in [-0.1, -0.05) is 39.1 Å². The third kappa shape index (κ3) is 2.79. The highest BCUT2D eigenvalue weighted by molar-refractivity contribution is 9.09. The zero-order valence-electron chi connectivity index (χ0n) is 6.22. The lowest BCUT2D eigenvalue weighted by Crippen LogP contribution is -2.14. The molecule has 1 rings (SSSR count). The van der Waals surface area contributed by atoms with E-state index in [-0.39, 0.29) is 27.2 Å². The highest BCUT2D eigenvalue weighted by atomic mass is 79.9. The number of aromatic nitrogens is 2. The van der Waals surface area contributed by atoms with Crippen LogP contribution in [0.4, 0.5) is 5.82 Å². The quantitative estimate of drug-likeness (QED) is 0.669. The lowest BCUT2D eigenvalue weighted by Gasteiger charge is -2.03. The predicted octanol–water partition coefficient (Wildman–Crippen LogP) is 2.12. The Morgan fingerprint density at radius 2 is 2.23 bits per heavy atom. The molecule has 0 radical (unpaired) electrons. The first-order chi connectivity index (χ1) is 6.15. The molecule has 0 saturated carbocycles. The van der Waals surface area contributed by atoms with Gasteiger partial charge in [0.05, 0.1) is 5.33 Å². The van der Waals surface area contributed by atoms with Gasteiger partial charge in [0, 0.05) is 0 Å². The molecular formula is C6H4BrCl2N3O. The number of nitrogens with zero attached hydrogens (tertiary/aromatic N) is 2. The third-order valence-corrected chi connectivity index (χ3v) is 2.38. The number of nitrogens with one attached hydrogen (secondary N) is 1. The monoisotopic (exact) mass is 283 g/mol. The van der Waals surface area contributed by atoms with Crippen LogP contribution in [-0.2, 0) is 4.79 Å². The number of alkyl halides is 1. The van der Waals surface area contributed by atoms with Gasteiger partial charge in [-0.15, -0.1) is 0 Å². The van der Waals surface area contributed by atoms with Crippen LogP contribution in [0, 0.1) is 0 Å². The van der Waals surface area contributed by atoms with Crippen LogP contribution in [0.15, 0.2) is 6.33 Å². The Morgan fingerprint density at radius 1 is 1.54 bits per heavy atom. The molecule has 0 spiro atoms. The molecule has 7 heteroatoms. The van der Waals surface area contributed by atoms with Crippen LogP contribution >= 0.6 is 39.1 Å². The number of halogens is 3. The molecule has 1 aromatic heterocycles. The molecule has 1 heterocycles. The number of carbonyl (C=O) groups is 1. The van der Waals surface area contributed by atoms with Crippen LogP contribution in [0.25, 0.3) is 0 Å². The first-order valence-corrected chi connectivity index (χ1v) is 5.04. The van der Waals surface area contributed by atoms with Crippen molar-refractivity contribution in [3.8, 4) is 0 Å². The number of anilines is 1. The molecule has 1 amide bonds. The molecule has 0 fully saturated rings. The van der Waals surface area contributed by atoms with Crippen molar-refractivity contribution < 1.29 is 4.79 Å². The standard InChI is InChI=1S/C6H4BrCl2N3O/c7-1-3(13)12-6-4(8)5(9)10-2-11-6/h2H,1H2,(H,10,11,12,13). The lowest BCUT2D eigenvalue weighted by molar-refractivity contribution is -0.113. The van der Waals surface area contributed by atoms with Crippen molar-refractivity contribution >= 4 is 50.9 Å². The molecule has 70 valence electrons. The molecule has 0 unspecified atom stereocenters. The van der Waals surface area contributed by atoms with Crippen LogP contribution in [0.2, 0.25) is 10.2 Å². The first-order valence-electron chi connectivity index (χ1n) is 3.17. The first kappa shape index (κ1) is 10.7. The zero-order chi connectivity index (χ0) is 9.84. The SMILES string of the molecule is O=C(CBr)Nc1ncnc(Cl)c1Cl. The summed E-state index contributed by atoms with van der Waals surface area (Å²) in [7, 11) is 0. The maximum atomic E-state index is 10.9. The van der Waals surface area contributed by atoms with Gasteiger partial charge in [0.2, 0.25) is 5.91 Å². The predicted molar refractivity (Wildman–Crippen MR) is 54.5 cm³/mol. The topological polar surface area (TPSA) is 54.9 Å². The summed E-state index contributed by atoms with van der Waals surface area (Å²) in [4.78, 5) is 18.3. The largest absolute Gasteiger partial charge is 0.309 e. The Kier molecular flexibility index (Phi) is 3.90. The van der Waals surface area contributed by atoms with Crippen LogP contribution in [0.1, 0.15) is 0 Å². The molecule has 4 nitrogen and oxygen atoms in total. The molecule has 0 atom stereocenters. The second-order valence-corrected chi connectivity index (χ2v) is 3.31. The van der Waals surface area contributed by atoms with Gasteiger partial charge >= 0.3 is 0 Å². The van der Waals surface area contributed by atoms with E-state index in [0.717, 1.165) is 0 Å². The minimum Gasteiger partial charge on any atom is -0.309 e. The van der Waals surface area contributed by atoms with E-state index in [4.69, 9.17) is 23.2 Å². The van der Waals surface area contributed by atoms with Crippen LogP contribution < -0.4 is 5.32 Å². The van der Waals surface area contributed by atoms with Crippen LogP contribution in [-0.4, -0.2) is 21.2 Å². The summed E-state index contributed by atoms with van der Waals surface area (Å²) in [6.45, 7) is 0. The summed E-state index contributed by atoms with van der Waals surface area (Å²) >= 11 is 14.3. The van der Waals surface area contributed by atoms with Gasteiger partial charge in [-0.2, -0.15) is 0 Å². The maximum Gasteiger partial charge on any atom is 0.236 e. The number of rotatable bonds is 2. The van der Waals surface area contributed by atoms with E-state index >= 15 is 0 Å². The zero-order valence-corrected chi connectivity index (χ0v) is 9.32. The Balaban J connectivity index is 2.89. The van der Waals surface area contributed by atoms with Gasteiger partial charge in [0.15, 0.2) is 11.0 Å². The van der Waals surface area contributed by atoms with Gasteiger partial charge in [-0.05, 0) is 0 Å². The van der Waals surface area contributed by atoms with Gasteiger partial charge in [0.25, 0.3) is 0 Å². The average Bonchev–Trinajstić information content (AvgIpc) is 2.13. The molecule has 13 heavy (non-hydrogen) atoms. The van der Waals surface area contributed by atoms with Crippen molar-refractivity contribution in [2.45, 2.75) is 0 Å². The fourth-order valence-corrected chi connectivity index (χ4v) is 1.02. The maximum absolute atomic E-state index is 10.9. The van der Waals surface area contributed by atoms with Crippen molar-refractivity contribution in [3.05, 3.63) is 16.5 Å². The van der Waals surface area contributed by atoms with E-state index in [1.807, 2.05) is 0 Å². The Bertz CT molecular complexity index is 334. The highest BCUT2D eigenvalue weighted by Gasteiger charge is 2.09. The molecule has 1 N–H and O–H groups in total. The smallest absolute Gasteiger partial charge is 0.236 e. The third-order valence-electron chi connectivity index (χ3n) is 1.13. The minimum absolute atomic E-state index is 0.113. The van der Waals surface area contributed by atoms with Crippen molar-refractivity contribution in [1.82, 2.24) is 9.97 Å². The fraction of sp³-hybridized carbons (Fsp3) is 0.167. The number of carbonyl (C=O) groups excluding carboxylic acids is 1. The molecular weight excluding hydrogens is 281 g/mol. The van der Waals surface area contributed by atoms with Crippen LogP contribution in [0.5, 0.6) is 0 Å². The Labute approximate surface area is 92.8 Å². The van der Waals surface area contributed by atoms with E-state index in [1.54, 1.807) is 0 Å². The second kappa shape index (κ2) is 4.74. The van der Waals surface area contributed by atoms with E-state index in [0.29, 0.717) is 0 Å². The van der Waals surface area contributed by atoms with Crippen molar-refractivity contribution in [1.29, 1.82) is 0 Å². The minimum atomic E-state index is -0.253. The molecule has 0 aliphatic heterocycles. The summed E-state index contributed by atoms with van der Waals surface area (Å²) < 4.78 is 0. The van der Waals surface area contributed by atoms with E-state index in [9.17, 15) is 4.79 Å². The molecule has 0 aliphatic rings. The van der Waals surface area contributed by atoms with Crippen molar-refractivity contribution in [2.75, 3.05) is 10.6 Å². The van der Waals surface area contributed by atoms with Crippen molar-refractivity contribution in [3.63, 3.8) is 0 Å². The summed E-state index contributed by atoms with van der Waals surface area (Å²) in [5.74, 6) is -0.0391. The Morgan fingerprint density at radius 3 is 2.85 bits per heavy atom. The van der Waals surface area contributed by atoms with Crippen molar-refractivity contribution in [2.24, 2.45) is 0 Å². The van der Waals surface area contributed by atoms with Gasteiger partial charge in [0.1, 0.15) is 11.3 Å². The van der Waals surface area contributed by atoms with Gasteiger partial charge < -0.3 is 5.32 Å². The Hall–Kier alpha value is -0.390. The van der Waals surface area contributed by atoms with E-state index < -0.39 is 0 Å². The van der Waals surface area contributed by atoms with E-state index in [2.05, 4.69) is 31.2 Å². The lowest BCUT2D eigenvalue weighted by atomic mass is 10.5.